The Morgan fingerprint density at radius 3 is 2.18 bits per heavy atom. The molecule has 0 spiro atoms. The lowest BCUT2D eigenvalue weighted by atomic mass is 9.50. The molecule has 4 saturated carbocycles. The lowest BCUT2D eigenvalue weighted by molar-refractivity contribution is -0.0963. The van der Waals surface area contributed by atoms with Gasteiger partial charge in [-0.15, -0.1) is 12.3 Å². The summed E-state index contributed by atoms with van der Waals surface area (Å²) in [5.41, 5.74) is 0.574. The molecule has 17 heavy (non-hydrogen) atoms. The molecule has 0 atom stereocenters. The molecule has 4 aliphatic rings. The molecule has 0 unspecified atom stereocenters. The minimum atomic E-state index is 0.574. The fraction of sp³-hybridized carbons (Fsp3) is 0.875. The molecule has 0 aromatic rings. The molecule has 1 heteroatoms. The van der Waals surface area contributed by atoms with E-state index in [4.69, 9.17) is 11.2 Å². The molecule has 94 valence electrons. The maximum atomic E-state index is 5.92. The van der Waals surface area contributed by atoms with E-state index < -0.39 is 0 Å². The van der Waals surface area contributed by atoms with E-state index in [1.54, 1.807) is 0 Å². The zero-order valence-electron chi connectivity index (χ0n) is 10.8. The zero-order chi connectivity index (χ0) is 11.7. The topological polar surface area (TPSA) is 9.23 Å². The molecule has 4 aliphatic carbocycles. The first-order valence-corrected chi connectivity index (χ1v) is 7.31. The van der Waals surface area contributed by atoms with Crippen LogP contribution in [0.15, 0.2) is 0 Å². The minimum absolute atomic E-state index is 0.574. The summed E-state index contributed by atoms with van der Waals surface area (Å²) in [5, 5.41) is 0. The normalized spacial score (nSPS) is 42.6. The van der Waals surface area contributed by atoms with Gasteiger partial charge in [-0.3, -0.25) is 0 Å². The van der Waals surface area contributed by atoms with Crippen LogP contribution in [0.25, 0.3) is 0 Å². The molecular weight excluding hydrogens is 208 g/mol. The van der Waals surface area contributed by atoms with E-state index in [-0.39, 0.29) is 0 Å². The second-order valence-corrected chi connectivity index (χ2v) is 6.78. The second kappa shape index (κ2) is 4.65. The molecule has 4 rings (SSSR count). The van der Waals surface area contributed by atoms with Crippen molar-refractivity contribution in [3.05, 3.63) is 0 Å². The van der Waals surface area contributed by atoms with Crippen LogP contribution >= 0.6 is 0 Å². The molecule has 0 radical (unpaired) electrons. The van der Waals surface area contributed by atoms with Gasteiger partial charge in [-0.2, -0.15) is 0 Å². The molecule has 1 nitrogen and oxygen atoms in total. The minimum Gasteiger partial charge on any atom is -0.381 e. The van der Waals surface area contributed by atoms with Crippen LogP contribution in [-0.4, -0.2) is 13.2 Å². The van der Waals surface area contributed by atoms with Gasteiger partial charge in [0.15, 0.2) is 0 Å². The molecule has 0 aromatic heterocycles. The van der Waals surface area contributed by atoms with Crippen molar-refractivity contribution in [1.29, 1.82) is 0 Å². The summed E-state index contributed by atoms with van der Waals surface area (Å²) < 4.78 is 5.92. The van der Waals surface area contributed by atoms with E-state index in [1.807, 2.05) is 0 Å². The van der Waals surface area contributed by atoms with Gasteiger partial charge in [0.25, 0.3) is 0 Å². The van der Waals surface area contributed by atoms with E-state index >= 15 is 0 Å². The van der Waals surface area contributed by atoms with Crippen LogP contribution in [0.2, 0.25) is 0 Å². The Labute approximate surface area is 105 Å². The van der Waals surface area contributed by atoms with Crippen molar-refractivity contribution >= 4 is 0 Å². The molecule has 0 N–H and O–H groups in total. The summed E-state index contributed by atoms with van der Waals surface area (Å²) in [4.78, 5) is 0. The van der Waals surface area contributed by atoms with Crippen molar-refractivity contribution in [2.75, 3.05) is 13.2 Å². The molecule has 4 bridgehead atoms. The summed E-state index contributed by atoms with van der Waals surface area (Å²) in [6, 6.07) is 0. The molecule has 0 saturated heterocycles. The Kier molecular flexibility index (Phi) is 3.17. The number of unbranched alkanes of at least 4 members (excludes halogenated alkanes) is 1. The standard InChI is InChI=1S/C16H24O/c1-2-3-4-5-17-12-16-9-13-6-14(10-16)8-15(7-13)11-16/h1,13-15H,3-12H2. The highest BCUT2D eigenvalue weighted by atomic mass is 16.5. The molecule has 0 aromatic carbocycles. The van der Waals surface area contributed by atoms with Crippen molar-refractivity contribution in [2.45, 2.75) is 51.4 Å². The Morgan fingerprint density at radius 2 is 1.65 bits per heavy atom. The predicted octanol–water partition coefficient (Wildman–Crippen LogP) is 3.63. The monoisotopic (exact) mass is 232 g/mol. The maximum Gasteiger partial charge on any atom is 0.0522 e. The number of rotatable bonds is 5. The fourth-order valence-electron chi connectivity index (χ4n) is 5.03. The fourth-order valence-corrected chi connectivity index (χ4v) is 5.03. The SMILES string of the molecule is C#CCCCOCC12CC3CC(CC(C3)C1)C2. The van der Waals surface area contributed by atoms with Crippen molar-refractivity contribution in [1.82, 2.24) is 0 Å². The first kappa shape index (κ1) is 11.6. The quantitative estimate of drug-likeness (QED) is 0.519. The second-order valence-electron chi connectivity index (χ2n) is 6.78. The van der Waals surface area contributed by atoms with Crippen LogP contribution in [-0.2, 0) is 4.74 Å². The van der Waals surface area contributed by atoms with Crippen LogP contribution in [0.5, 0.6) is 0 Å². The highest BCUT2D eigenvalue weighted by Crippen LogP contribution is 2.59. The van der Waals surface area contributed by atoms with Crippen molar-refractivity contribution in [2.24, 2.45) is 23.2 Å². The summed E-state index contributed by atoms with van der Waals surface area (Å²) in [6.45, 7) is 1.88. The Bertz CT molecular complexity index is 277. The Morgan fingerprint density at radius 1 is 1.06 bits per heavy atom. The van der Waals surface area contributed by atoms with Crippen molar-refractivity contribution in [3.63, 3.8) is 0 Å². The average Bonchev–Trinajstić information content (AvgIpc) is 2.26. The number of terminal acetylenes is 1. The third-order valence-corrected chi connectivity index (χ3v) is 5.18. The lowest BCUT2D eigenvalue weighted by Gasteiger charge is -2.56. The lowest BCUT2D eigenvalue weighted by Crippen LogP contribution is -2.48. The highest BCUT2D eigenvalue weighted by Gasteiger charge is 2.50. The predicted molar refractivity (Wildman–Crippen MR) is 69.5 cm³/mol. The zero-order valence-corrected chi connectivity index (χ0v) is 10.8. The van der Waals surface area contributed by atoms with Gasteiger partial charge >= 0.3 is 0 Å². The van der Waals surface area contributed by atoms with Crippen molar-refractivity contribution in [3.8, 4) is 12.3 Å². The average molecular weight is 232 g/mol. The smallest absolute Gasteiger partial charge is 0.0522 e. The summed E-state index contributed by atoms with van der Waals surface area (Å²) in [7, 11) is 0. The van der Waals surface area contributed by atoms with E-state index in [9.17, 15) is 0 Å². The summed E-state index contributed by atoms with van der Waals surface area (Å²) in [5.74, 6) is 5.79. The molecular formula is C16H24O. The van der Waals surface area contributed by atoms with Gasteiger partial charge in [0.2, 0.25) is 0 Å². The van der Waals surface area contributed by atoms with E-state index in [1.165, 1.54) is 38.5 Å². The van der Waals surface area contributed by atoms with Crippen LogP contribution in [0.4, 0.5) is 0 Å². The van der Waals surface area contributed by atoms with Gasteiger partial charge in [0, 0.05) is 13.0 Å². The number of ether oxygens (including phenoxy) is 1. The molecule has 0 aliphatic heterocycles. The molecule has 4 fully saturated rings. The first-order valence-electron chi connectivity index (χ1n) is 7.31. The number of hydrogen-bond acceptors (Lipinski definition) is 1. The van der Waals surface area contributed by atoms with Crippen LogP contribution in [0.1, 0.15) is 51.4 Å². The summed E-state index contributed by atoms with van der Waals surface area (Å²) in [6.07, 6.45) is 16.1. The Hall–Kier alpha value is -0.480. The first-order chi connectivity index (χ1) is 8.30. The van der Waals surface area contributed by atoms with Gasteiger partial charge in [0.1, 0.15) is 0 Å². The third kappa shape index (κ3) is 2.38. The number of hydrogen-bond donors (Lipinski definition) is 0. The highest BCUT2D eigenvalue weighted by molar-refractivity contribution is 5.01. The van der Waals surface area contributed by atoms with Gasteiger partial charge < -0.3 is 4.74 Å². The van der Waals surface area contributed by atoms with Gasteiger partial charge in [0.05, 0.1) is 6.61 Å². The Balaban J connectivity index is 1.51. The van der Waals surface area contributed by atoms with E-state index in [0.717, 1.165) is 43.8 Å². The third-order valence-electron chi connectivity index (χ3n) is 5.18. The van der Waals surface area contributed by atoms with Crippen LogP contribution in [0.3, 0.4) is 0 Å². The van der Waals surface area contributed by atoms with Gasteiger partial charge in [-0.1, -0.05) is 0 Å². The van der Waals surface area contributed by atoms with Gasteiger partial charge in [-0.05, 0) is 68.1 Å². The molecule has 0 heterocycles. The largest absolute Gasteiger partial charge is 0.381 e. The maximum absolute atomic E-state index is 5.92. The van der Waals surface area contributed by atoms with Gasteiger partial charge in [-0.25, -0.2) is 0 Å². The van der Waals surface area contributed by atoms with E-state index in [2.05, 4.69) is 5.92 Å². The van der Waals surface area contributed by atoms with E-state index in [0.29, 0.717) is 5.41 Å². The van der Waals surface area contributed by atoms with Crippen LogP contribution < -0.4 is 0 Å². The summed E-state index contributed by atoms with van der Waals surface area (Å²) >= 11 is 0. The molecule has 0 amide bonds. The van der Waals surface area contributed by atoms with Crippen LogP contribution in [0, 0.1) is 35.5 Å². The van der Waals surface area contributed by atoms with Crippen molar-refractivity contribution < 1.29 is 4.74 Å².